The normalized spacial score (nSPS) is 31.9. The highest BCUT2D eigenvalue weighted by molar-refractivity contribution is 8.10. The summed E-state index contributed by atoms with van der Waals surface area (Å²) in [5.74, 6) is 0.189. The van der Waals surface area contributed by atoms with Gasteiger partial charge in [0.15, 0.2) is 5.78 Å². The number of anilines is 1. The van der Waals surface area contributed by atoms with Crippen molar-refractivity contribution in [1.82, 2.24) is 30.2 Å². The first kappa shape index (κ1) is 42.2. The number of aryl methyl sites for hydroxylation is 1. The number of piperazine rings is 1. The lowest BCUT2D eigenvalue weighted by Gasteiger charge is -2.35. The molecule has 328 valence electrons. The Balaban J connectivity index is 1.16. The molecule has 0 radical (unpaired) electrons. The molecule has 5 aliphatic heterocycles. The molecule has 3 aromatic rings. The van der Waals surface area contributed by atoms with E-state index in [2.05, 4.69) is 91.0 Å². The predicted octanol–water partition coefficient (Wildman–Crippen LogP) is 6.15. The van der Waals surface area contributed by atoms with Gasteiger partial charge in [-0.2, -0.15) is 0 Å². The van der Waals surface area contributed by atoms with E-state index in [0.717, 1.165) is 76.5 Å². The Kier molecular flexibility index (Phi) is 10.8. The molecular formula is C47H63N7O6S. The summed E-state index contributed by atoms with van der Waals surface area (Å²) in [6.07, 6.45) is 5.57. The summed E-state index contributed by atoms with van der Waals surface area (Å²) in [5, 5.41) is 5.89. The average Bonchev–Trinajstić information content (AvgIpc) is 4.03. The van der Waals surface area contributed by atoms with Gasteiger partial charge in [-0.05, 0) is 82.7 Å². The fourth-order valence-corrected chi connectivity index (χ4v) is 11.7. The van der Waals surface area contributed by atoms with E-state index in [1.165, 1.54) is 11.8 Å². The number of benzene rings is 1. The third kappa shape index (κ3) is 7.42. The van der Waals surface area contributed by atoms with Crippen molar-refractivity contribution >= 4 is 46.0 Å². The van der Waals surface area contributed by atoms with Crippen molar-refractivity contribution in [1.29, 1.82) is 0 Å². The molecule has 7 heterocycles. The molecule has 3 saturated heterocycles. The second-order valence-corrected chi connectivity index (χ2v) is 20.9. The van der Waals surface area contributed by atoms with Crippen molar-refractivity contribution in [3.05, 3.63) is 59.2 Å². The highest BCUT2D eigenvalue weighted by Crippen LogP contribution is 2.63. The number of pyridine rings is 1. The van der Waals surface area contributed by atoms with Gasteiger partial charge in [0.25, 0.3) is 5.91 Å². The number of carbonyl (C=O) groups excluding carboxylic acids is 3. The monoisotopic (exact) mass is 853 g/mol. The van der Waals surface area contributed by atoms with Crippen LogP contribution < -0.4 is 15.6 Å². The molecule has 8 atom stereocenters. The molecule has 2 aromatic heterocycles. The number of carbonyl (C=O) groups is 3. The molecule has 14 heteroatoms. The van der Waals surface area contributed by atoms with Crippen molar-refractivity contribution in [3.63, 3.8) is 0 Å². The van der Waals surface area contributed by atoms with Crippen LogP contribution in [0, 0.1) is 23.2 Å². The number of ketones is 1. The number of hydrogen-bond acceptors (Lipinski definition) is 12. The number of cyclic esters (lactones) is 1. The Labute approximate surface area is 364 Å². The van der Waals surface area contributed by atoms with Crippen LogP contribution in [0.5, 0.6) is 0 Å². The maximum absolute atomic E-state index is 14.7. The van der Waals surface area contributed by atoms with Gasteiger partial charge in [0.2, 0.25) is 5.72 Å². The largest absolute Gasteiger partial charge is 0.470 e. The number of aromatic nitrogens is 2. The van der Waals surface area contributed by atoms with E-state index in [9.17, 15) is 14.4 Å². The molecule has 1 aromatic carbocycles. The SMILES string of the molecule is CCn1c(-c2cc(N3CCN(C)CC3)cnc2[C@H](C)OC)c2c3cc(ccc31)C1(C)NC(=CO1)C[C@]1(SC1C(=O)C1[C@@H](C)[C@H]1C)C(=O)N1CCC[C@H](N1)C(=O)OCC(C)(C)C2. The zero-order chi connectivity index (χ0) is 43.2. The number of Topliss-reactive ketones (excluding diaryl/α,β-unsaturated/α-hetero) is 1. The number of nitrogens with zero attached hydrogens (tertiary/aromatic N) is 5. The molecule has 13 nitrogen and oxygen atoms in total. The minimum Gasteiger partial charge on any atom is -0.470 e. The van der Waals surface area contributed by atoms with Crippen LogP contribution in [0.2, 0.25) is 0 Å². The van der Waals surface area contributed by atoms with E-state index in [4.69, 9.17) is 19.2 Å². The number of ether oxygens (including phenoxy) is 3. The average molecular weight is 854 g/mol. The topological polar surface area (TPSA) is 130 Å². The maximum Gasteiger partial charge on any atom is 0.324 e. The minimum absolute atomic E-state index is 0.0368. The number of hydrogen-bond donors (Lipinski definition) is 2. The molecule has 1 saturated carbocycles. The molecule has 3 unspecified atom stereocenters. The second-order valence-electron chi connectivity index (χ2n) is 19.5. The van der Waals surface area contributed by atoms with Gasteiger partial charge >= 0.3 is 5.97 Å². The lowest BCUT2D eigenvalue weighted by Crippen LogP contribution is -2.59. The third-order valence-corrected chi connectivity index (χ3v) is 16.1. The number of methoxy groups -OCH3 is 1. The van der Waals surface area contributed by atoms with E-state index in [1.807, 2.05) is 20.0 Å². The smallest absolute Gasteiger partial charge is 0.324 e. The number of amides is 1. The van der Waals surface area contributed by atoms with Gasteiger partial charge in [-0.3, -0.25) is 24.4 Å². The Morgan fingerprint density at radius 1 is 1.07 bits per heavy atom. The number of esters is 1. The Hall–Kier alpha value is -4.11. The molecule has 1 spiro atoms. The van der Waals surface area contributed by atoms with Crippen molar-refractivity contribution in [2.75, 3.05) is 58.4 Å². The summed E-state index contributed by atoms with van der Waals surface area (Å²) in [5.41, 5.74) is 9.84. The number of rotatable bonds is 7. The first-order chi connectivity index (χ1) is 29.1. The summed E-state index contributed by atoms with van der Waals surface area (Å²) in [7, 11) is 3.90. The van der Waals surface area contributed by atoms with Crippen LogP contribution in [-0.4, -0.2) is 107 Å². The predicted molar refractivity (Wildman–Crippen MR) is 237 cm³/mol. The molecule has 1 aliphatic carbocycles. The summed E-state index contributed by atoms with van der Waals surface area (Å²) in [4.78, 5) is 52.5. The van der Waals surface area contributed by atoms with Gasteiger partial charge in [0.05, 0.1) is 46.9 Å². The van der Waals surface area contributed by atoms with Crippen LogP contribution in [0.15, 0.2) is 42.4 Å². The summed E-state index contributed by atoms with van der Waals surface area (Å²) in [6.45, 7) is 19.9. The van der Waals surface area contributed by atoms with Crippen LogP contribution in [0.25, 0.3) is 22.2 Å². The van der Waals surface area contributed by atoms with Crippen molar-refractivity contribution in [2.45, 2.75) is 109 Å². The van der Waals surface area contributed by atoms with Crippen molar-refractivity contribution in [2.24, 2.45) is 23.2 Å². The van der Waals surface area contributed by atoms with Crippen LogP contribution in [0.3, 0.4) is 0 Å². The minimum atomic E-state index is -1.01. The van der Waals surface area contributed by atoms with Gasteiger partial charge in [-0.25, -0.2) is 5.43 Å². The highest BCUT2D eigenvalue weighted by Gasteiger charge is 2.69. The van der Waals surface area contributed by atoms with Gasteiger partial charge in [0, 0.05) is 86.2 Å². The number of likely N-dealkylation sites (N-methyl/N-ethyl adjacent to an activating group) is 1. The molecule has 1 amide bonds. The summed E-state index contributed by atoms with van der Waals surface area (Å²) in [6, 6.07) is 8.17. The van der Waals surface area contributed by atoms with Crippen LogP contribution in [-0.2, 0) is 47.3 Å². The Morgan fingerprint density at radius 3 is 2.52 bits per heavy atom. The number of thioether (sulfide) groups is 1. The highest BCUT2D eigenvalue weighted by atomic mass is 32.2. The molecule has 6 aliphatic rings. The van der Waals surface area contributed by atoms with Crippen LogP contribution in [0.1, 0.15) is 90.7 Å². The zero-order valence-electron chi connectivity index (χ0n) is 37.3. The summed E-state index contributed by atoms with van der Waals surface area (Å²) >= 11 is 1.45. The molecule has 2 N–H and O–H groups in total. The number of nitrogens with one attached hydrogen (secondary N) is 2. The van der Waals surface area contributed by atoms with Gasteiger partial charge < -0.3 is 33.9 Å². The maximum atomic E-state index is 14.7. The molecule has 61 heavy (non-hydrogen) atoms. The van der Waals surface area contributed by atoms with Gasteiger partial charge in [-0.1, -0.05) is 33.8 Å². The van der Waals surface area contributed by atoms with E-state index in [-0.39, 0.29) is 36.3 Å². The number of allylic oxidation sites excluding steroid dienone is 1. The number of hydrazine groups is 1. The Bertz CT molecular complexity index is 2280. The Morgan fingerprint density at radius 2 is 1.82 bits per heavy atom. The van der Waals surface area contributed by atoms with Crippen LogP contribution in [0.4, 0.5) is 5.69 Å². The molecule has 6 bridgehead atoms. The molecule has 4 fully saturated rings. The van der Waals surface area contributed by atoms with E-state index >= 15 is 0 Å². The quantitative estimate of drug-likeness (QED) is 0.209. The standard InChI is InChI=1S/C47H63N7O6S/c1-10-53-37-14-13-30-20-33(37)35(40(53)34-21-32(24-48-39(34)29(4)58-9)52-18-16-51(8)17-19-52)23-45(5,6)26-59-43(56)36-12-11-15-54(50-36)44(57)47(22-31-25-60-46(30,7)49-31)42(61-47)41(55)38-27(2)28(38)3/h13-14,20-21,24-25,27-29,36,38,42,49-50H,10-12,15-19,22-23,26H2,1-9H3/t27-,28+,29-,36-,38?,42?,46?,47+/m0/s1. The first-order valence-corrected chi connectivity index (χ1v) is 23.2. The lowest BCUT2D eigenvalue weighted by atomic mass is 9.84. The fraction of sp³-hybridized carbons (Fsp3) is 0.617. The third-order valence-electron chi connectivity index (χ3n) is 14.5. The van der Waals surface area contributed by atoms with E-state index < -0.39 is 27.2 Å². The van der Waals surface area contributed by atoms with Crippen LogP contribution >= 0.6 is 11.8 Å². The van der Waals surface area contributed by atoms with E-state index in [0.29, 0.717) is 50.6 Å². The lowest BCUT2D eigenvalue weighted by molar-refractivity contribution is -0.155. The summed E-state index contributed by atoms with van der Waals surface area (Å²) < 4.78 is 20.1. The van der Waals surface area contributed by atoms with Gasteiger partial charge in [0.1, 0.15) is 17.1 Å². The number of fused-ring (bicyclic) bond motifs is 6. The zero-order valence-corrected chi connectivity index (χ0v) is 38.1. The van der Waals surface area contributed by atoms with Crippen molar-refractivity contribution in [3.8, 4) is 11.3 Å². The second kappa shape index (κ2) is 15.6. The van der Waals surface area contributed by atoms with E-state index in [1.54, 1.807) is 18.4 Å². The van der Waals surface area contributed by atoms with Gasteiger partial charge in [-0.15, -0.1) is 11.8 Å². The fourth-order valence-electron chi connectivity index (χ4n) is 10.3. The van der Waals surface area contributed by atoms with Crippen molar-refractivity contribution < 1.29 is 28.6 Å². The molecular weight excluding hydrogens is 791 g/mol. The first-order valence-electron chi connectivity index (χ1n) is 22.3. The molecule has 9 rings (SSSR count).